The van der Waals surface area contributed by atoms with Gasteiger partial charge in [0.15, 0.2) is 11.7 Å². The number of hydrogen-bond donors (Lipinski definition) is 2. The number of anilines is 2. The number of rotatable bonds is 8. The molecule has 0 saturated carbocycles. The van der Waals surface area contributed by atoms with Crippen LogP contribution in [0, 0.1) is 0 Å². The number of carbonyl (C=O) groups is 1. The van der Waals surface area contributed by atoms with Crippen LogP contribution in [0.25, 0.3) is 11.3 Å². The third-order valence-corrected chi connectivity index (χ3v) is 7.62. The molecule has 0 aliphatic carbocycles. The number of nitrogens with one attached hydrogen (secondary N) is 2. The second-order valence-electron chi connectivity index (χ2n) is 9.52. The van der Waals surface area contributed by atoms with Crippen molar-refractivity contribution in [2.75, 3.05) is 16.8 Å². The van der Waals surface area contributed by atoms with Crippen molar-refractivity contribution in [2.24, 2.45) is 0 Å². The first-order chi connectivity index (χ1) is 20.5. The highest BCUT2D eigenvalue weighted by molar-refractivity contribution is 7.80. The minimum absolute atomic E-state index is 0.0990. The third-order valence-electron chi connectivity index (χ3n) is 6.76. The number of benzene rings is 3. The van der Waals surface area contributed by atoms with Crippen molar-refractivity contribution >= 4 is 57.8 Å². The van der Waals surface area contributed by atoms with Gasteiger partial charge < -0.3 is 24.7 Å². The van der Waals surface area contributed by atoms with Gasteiger partial charge in [-0.05, 0) is 91.1 Å². The summed E-state index contributed by atoms with van der Waals surface area (Å²) in [6.07, 6.45) is 1.75. The van der Waals surface area contributed by atoms with Crippen molar-refractivity contribution in [3.63, 3.8) is 0 Å². The Bertz CT molecular complexity index is 1720. The molecule has 3 aromatic carbocycles. The Hall–Kier alpha value is -4.37. The largest absolute Gasteiger partial charge is 0.484 e. The van der Waals surface area contributed by atoms with Crippen LogP contribution < -0.4 is 20.3 Å². The average molecular weight is 616 g/mol. The Morgan fingerprint density at radius 3 is 2.50 bits per heavy atom. The summed E-state index contributed by atoms with van der Waals surface area (Å²) in [4.78, 5) is 19.0. The Morgan fingerprint density at radius 2 is 1.76 bits per heavy atom. The molecule has 6 rings (SSSR count). The minimum atomic E-state index is -0.355. The number of pyridine rings is 1. The van der Waals surface area contributed by atoms with Crippen LogP contribution in [-0.2, 0) is 4.79 Å². The van der Waals surface area contributed by atoms with Crippen molar-refractivity contribution in [1.29, 1.82) is 0 Å². The van der Waals surface area contributed by atoms with Crippen molar-refractivity contribution < 1.29 is 13.9 Å². The van der Waals surface area contributed by atoms with E-state index in [1.54, 1.807) is 30.5 Å². The fraction of sp³-hybridized carbons (Fsp3) is 0.0938. The summed E-state index contributed by atoms with van der Waals surface area (Å²) in [6, 6.07) is 30.9. The summed E-state index contributed by atoms with van der Waals surface area (Å²) in [5.41, 5.74) is 3.00. The zero-order valence-corrected chi connectivity index (χ0v) is 24.4. The smallest absolute Gasteiger partial charge is 0.262 e. The molecular formula is C32H24Cl2N4O3S. The van der Waals surface area contributed by atoms with E-state index in [1.165, 1.54) is 0 Å². The highest BCUT2D eigenvalue weighted by Crippen LogP contribution is 2.43. The van der Waals surface area contributed by atoms with Gasteiger partial charge in [0.25, 0.3) is 5.91 Å². The van der Waals surface area contributed by atoms with Crippen LogP contribution in [-0.4, -0.2) is 22.6 Å². The third kappa shape index (κ3) is 5.97. The van der Waals surface area contributed by atoms with Crippen molar-refractivity contribution in [1.82, 2.24) is 10.3 Å². The number of para-hydroxylation sites is 1. The Kier molecular flexibility index (Phi) is 8.10. The second kappa shape index (κ2) is 12.2. The van der Waals surface area contributed by atoms with E-state index >= 15 is 0 Å². The molecule has 2 N–H and O–H groups in total. The van der Waals surface area contributed by atoms with E-state index in [0.717, 1.165) is 16.9 Å². The molecule has 2 aromatic heterocycles. The summed E-state index contributed by atoms with van der Waals surface area (Å²) in [7, 11) is 0. The van der Waals surface area contributed by atoms with Crippen LogP contribution in [0.15, 0.2) is 114 Å². The zero-order chi connectivity index (χ0) is 29.1. The molecule has 3 heterocycles. The summed E-state index contributed by atoms with van der Waals surface area (Å²) >= 11 is 18.4. The first-order valence-corrected chi connectivity index (χ1v) is 14.3. The summed E-state index contributed by atoms with van der Waals surface area (Å²) in [5, 5.41) is 7.85. The number of nitrogens with zero attached hydrogens (tertiary/aromatic N) is 2. The van der Waals surface area contributed by atoms with Gasteiger partial charge in [0.2, 0.25) is 0 Å². The van der Waals surface area contributed by atoms with Gasteiger partial charge in [0.05, 0.1) is 16.8 Å². The van der Waals surface area contributed by atoms with Crippen molar-refractivity contribution in [3.05, 3.63) is 131 Å². The fourth-order valence-corrected chi connectivity index (χ4v) is 5.68. The van der Waals surface area contributed by atoms with E-state index in [9.17, 15) is 4.79 Å². The Morgan fingerprint density at radius 1 is 0.976 bits per heavy atom. The first-order valence-electron chi connectivity index (χ1n) is 13.1. The van der Waals surface area contributed by atoms with Crippen molar-refractivity contribution in [3.8, 4) is 17.1 Å². The van der Waals surface area contributed by atoms with E-state index in [2.05, 4.69) is 15.6 Å². The second-order valence-corrected chi connectivity index (χ2v) is 10.7. The molecule has 1 amide bonds. The lowest BCUT2D eigenvalue weighted by atomic mass is 10.0. The average Bonchev–Trinajstić information content (AvgIpc) is 3.62. The summed E-state index contributed by atoms with van der Waals surface area (Å²) < 4.78 is 11.9. The van der Waals surface area contributed by atoms with Gasteiger partial charge in [-0.3, -0.25) is 9.78 Å². The normalized spacial score (nSPS) is 16.2. The van der Waals surface area contributed by atoms with Crippen LogP contribution in [0.1, 0.15) is 23.5 Å². The molecule has 42 heavy (non-hydrogen) atoms. The number of aromatic nitrogens is 1. The number of carbonyl (C=O) groups excluding carboxylic acids is 1. The van der Waals surface area contributed by atoms with Gasteiger partial charge in [-0.1, -0.05) is 47.5 Å². The fourth-order valence-electron chi connectivity index (χ4n) is 4.84. The predicted octanol–water partition coefficient (Wildman–Crippen LogP) is 7.84. The monoisotopic (exact) mass is 614 g/mol. The van der Waals surface area contributed by atoms with Gasteiger partial charge in [0.1, 0.15) is 23.3 Å². The summed E-state index contributed by atoms with van der Waals surface area (Å²) in [5.74, 6) is 1.66. The molecule has 1 aliphatic heterocycles. The highest BCUT2D eigenvalue weighted by atomic mass is 35.5. The van der Waals surface area contributed by atoms with Crippen LogP contribution in [0.5, 0.6) is 5.75 Å². The highest BCUT2D eigenvalue weighted by Gasteiger charge is 2.42. The van der Waals surface area contributed by atoms with E-state index in [4.69, 9.17) is 44.6 Å². The van der Waals surface area contributed by atoms with Crippen LogP contribution in [0.2, 0.25) is 10.0 Å². The molecule has 210 valence electrons. The molecule has 0 radical (unpaired) electrons. The van der Waals surface area contributed by atoms with E-state index in [0.29, 0.717) is 38.1 Å². The predicted molar refractivity (Wildman–Crippen MR) is 169 cm³/mol. The molecular weight excluding hydrogens is 591 g/mol. The van der Waals surface area contributed by atoms with Gasteiger partial charge in [-0.25, -0.2) is 0 Å². The first kappa shape index (κ1) is 27.8. The molecule has 0 spiro atoms. The standard InChI is InChI=1S/C32H24Cl2N4O3S/c33-20-9-14-24(25(34)18-20)27-15-16-28(41-27)31-30(26-8-4-5-17-35-26)37-32(42)38(31)22-12-10-21(11-13-22)36-29(39)19-40-23-6-2-1-3-7-23/h1-18,30-31H,19H2,(H,36,39)(H,37,42). The maximum atomic E-state index is 12.5. The zero-order valence-electron chi connectivity index (χ0n) is 22.0. The molecule has 1 aliphatic rings. The van der Waals surface area contributed by atoms with E-state index < -0.39 is 0 Å². The van der Waals surface area contributed by atoms with Gasteiger partial charge in [-0.2, -0.15) is 0 Å². The minimum Gasteiger partial charge on any atom is -0.484 e. The molecule has 0 bridgehead atoms. The number of furan rings is 1. The molecule has 10 heteroatoms. The molecule has 2 atom stereocenters. The number of hydrogen-bond acceptors (Lipinski definition) is 5. The van der Waals surface area contributed by atoms with Gasteiger partial charge in [-0.15, -0.1) is 0 Å². The number of halogens is 2. The quantitative estimate of drug-likeness (QED) is 0.172. The molecule has 1 fully saturated rings. The summed E-state index contributed by atoms with van der Waals surface area (Å²) in [6.45, 7) is -0.0990. The van der Waals surface area contributed by atoms with Crippen LogP contribution >= 0.6 is 35.4 Å². The SMILES string of the molecule is O=C(COc1ccccc1)Nc1ccc(N2C(=S)NC(c3ccccn3)C2c2ccc(-c3ccc(Cl)cc3Cl)o2)cc1. The molecule has 2 unspecified atom stereocenters. The van der Waals surface area contributed by atoms with E-state index in [1.807, 2.05) is 83.8 Å². The van der Waals surface area contributed by atoms with Crippen LogP contribution in [0.4, 0.5) is 11.4 Å². The lowest BCUT2D eigenvalue weighted by Crippen LogP contribution is -2.29. The lowest BCUT2D eigenvalue weighted by molar-refractivity contribution is -0.118. The van der Waals surface area contributed by atoms with Crippen LogP contribution in [0.3, 0.4) is 0 Å². The van der Waals surface area contributed by atoms with Gasteiger partial charge >= 0.3 is 0 Å². The maximum Gasteiger partial charge on any atom is 0.262 e. The van der Waals surface area contributed by atoms with Gasteiger partial charge in [0, 0.05) is 28.2 Å². The lowest BCUT2D eigenvalue weighted by Gasteiger charge is -2.26. The topological polar surface area (TPSA) is 79.6 Å². The molecule has 7 nitrogen and oxygen atoms in total. The Balaban J connectivity index is 1.26. The molecule has 5 aromatic rings. The van der Waals surface area contributed by atoms with Crippen molar-refractivity contribution in [2.45, 2.75) is 12.1 Å². The Labute approximate surface area is 258 Å². The molecule has 1 saturated heterocycles. The number of amides is 1. The van der Waals surface area contributed by atoms with E-state index in [-0.39, 0.29) is 24.6 Å². The number of ether oxygens (including phenoxy) is 1. The maximum absolute atomic E-state index is 12.5. The number of thiocarbonyl (C=S) groups is 1.